The van der Waals surface area contributed by atoms with E-state index in [4.69, 9.17) is 4.98 Å². The van der Waals surface area contributed by atoms with Crippen molar-refractivity contribution >= 4 is 16.8 Å². The molecule has 2 aromatic heterocycles. The number of carbonyl (C=O) groups excluding carboxylic acids is 1. The Bertz CT molecular complexity index is 1190. The normalized spacial score (nSPS) is 19.0. The van der Waals surface area contributed by atoms with Gasteiger partial charge < -0.3 is 9.88 Å². The highest BCUT2D eigenvalue weighted by Gasteiger charge is 2.35. The van der Waals surface area contributed by atoms with Gasteiger partial charge in [-0.25, -0.2) is 4.98 Å². The maximum atomic E-state index is 13.2. The van der Waals surface area contributed by atoms with Gasteiger partial charge in [-0.3, -0.25) is 19.0 Å². The van der Waals surface area contributed by atoms with Crippen LogP contribution < -0.4 is 11.1 Å². The van der Waals surface area contributed by atoms with Crippen LogP contribution in [0.25, 0.3) is 10.9 Å². The van der Waals surface area contributed by atoms with E-state index in [2.05, 4.69) is 4.98 Å². The van der Waals surface area contributed by atoms with Gasteiger partial charge in [0.2, 0.25) is 5.56 Å². The number of hydrogen-bond donors (Lipinski definition) is 1. The number of benzene rings is 1. The quantitative estimate of drug-likeness (QED) is 0.741. The van der Waals surface area contributed by atoms with Crippen molar-refractivity contribution in [3.8, 4) is 0 Å². The Morgan fingerprint density at radius 3 is 2.69 bits per heavy atom. The maximum absolute atomic E-state index is 13.2. The molecule has 1 saturated carbocycles. The van der Waals surface area contributed by atoms with Gasteiger partial charge in [-0.05, 0) is 49.8 Å². The predicted octanol–water partition coefficient (Wildman–Crippen LogP) is 2.47. The Hall–Kier alpha value is -3.22. The summed E-state index contributed by atoms with van der Waals surface area (Å²) in [7, 11) is 0. The number of nitrogens with zero attached hydrogens (tertiary/aromatic N) is 3. The molecule has 0 radical (unpaired) electrons. The summed E-state index contributed by atoms with van der Waals surface area (Å²) in [6, 6.07) is 10.1. The number of H-pyrrole nitrogens is 1. The van der Waals surface area contributed by atoms with Crippen molar-refractivity contribution in [3.05, 3.63) is 74.7 Å². The fraction of sp³-hybridized carbons (Fsp3) is 0.364. The molecule has 1 aromatic carbocycles. The van der Waals surface area contributed by atoms with Gasteiger partial charge in [-0.1, -0.05) is 12.1 Å². The molecule has 1 aliphatic carbocycles. The number of carbonyl (C=O) groups is 1. The molecule has 3 heterocycles. The third-order valence-corrected chi connectivity index (χ3v) is 5.87. The molecular formula is C22H22N4O3. The zero-order valence-corrected chi connectivity index (χ0v) is 16.0. The average Bonchev–Trinajstić information content (AvgIpc) is 3.43. The molecule has 1 aliphatic heterocycles. The lowest BCUT2D eigenvalue weighted by Gasteiger charge is -2.27. The summed E-state index contributed by atoms with van der Waals surface area (Å²) in [4.78, 5) is 46.9. The first-order chi connectivity index (χ1) is 14.1. The lowest BCUT2D eigenvalue weighted by Crippen LogP contribution is -2.36. The number of rotatable bonds is 4. The van der Waals surface area contributed by atoms with Gasteiger partial charge in [0, 0.05) is 25.4 Å². The van der Waals surface area contributed by atoms with Gasteiger partial charge in [0.1, 0.15) is 5.82 Å². The van der Waals surface area contributed by atoms with Crippen LogP contribution in [0.4, 0.5) is 0 Å². The largest absolute Gasteiger partial charge is 0.328 e. The Labute approximate surface area is 167 Å². The Morgan fingerprint density at radius 1 is 1.10 bits per heavy atom. The lowest BCUT2D eigenvalue weighted by molar-refractivity contribution is 0.0726. The van der Waals surface area contributed by atoms with Crippen molar-refractivity contribution in [1.82, 2.24) is 19.4 Å². The van der Waals surface area contributed by atoms with Gasteiger partial charge in [-0.15, -0.1) is 0 Å². The summed E-state index contributed by atoms with van der Waals surface area (Å²) in [5, 5.41) is 0.619. The molecule has 5 rings (SSSR count). The summed E-state index contributed by atoms with van der Waals surface area (Å²) in [6.45, 7) is 1.26. The molecule has 148 valence electrons. The smallest absolute Gasteiger partial charge is 0.261 e. The van der Waals surface area contributed by atoms with Crippen LogP contribution in [-0.2, 0) is 6.54 Å². The SMILES string of the molecule is O=C(c1ccc(=O)[nH]c1)N1CCCC1c1nc2ccccc2c(=O)n1CC1CC1. The Morgan fingerprint density at radius 2 is 1.93 bits per heavy atom. The maximum Gasteiger partial charge on any atom is 0.261 e. The Kier molecular flexibility index (Phi) is 4.30. The number of fused-ring (bicyclic) bond motifs is 1. The molecule has 0 spiro atoms. The van der Waals surface area contributed by atoms with Crippen molar-refractivity contribution in [2.24, 2.45) is 5.92 Å². The number of amides is 1. The predicted molar refractivity (Wildman–Crippen MR) is 109 cm³/mol. The van der Waals surface area contributed by atoms with E-state index in [1.54, 1.807) is 15.5 Å². The lowest BCUT2D eigenvalue weighted by atomic mass is 10.1. The number of nitrogens with one attached hydrogen (secondary N) is 1. The van der Waals surface area contributed by atoms with E-state index in [1.807, 2.05) is 24.3 Å². The van der Waals surface area contributed by atoms with E-state index in [-0.39, 0.29) is 23.1 Å². The van der Waals surface area contributed by atoms with Crippen LogP contribution in [-0.4, -0.2) is 31.9 Å². The second-order valence-corrected chi connectivity index (χ2v) is 7.94. The molecule has 1 unspecified atom stereocenters. The molecule has 1 saturated heterocycles. The number of pyridine rings is 1. The van der Waals surface area contributed by atoms with E-state index in [0.29, 0.717) is 41.3 Å². The van der Waals surface area contributed by atoms with Crippen LogP contribution in [0.3, 0.4) is 0 Å². The number of likely N-dealkylation sites (tertiary alicyclic amines) is 1. The van der Waals surface area contributed by atoms with Crippen LogP contribution in [0.5, 0.6) is 0 Å². The third kappa shape index (κ3) is 3.26. The van der Waals surface area contributed by atoms with Crippen molar-refractivity contribution in [1.29, 1.82) is 0 Å². The minimum atomic E-state index is -0.245. The van der Waals surface area contributed by atoms with Crippen molar-refractivity contribution in [2.45, 2.75) is 38.3 Å². The van der Waals surface area contributed by atoms with Crippen molar-refractivity contribution in [2.75, 3.05) is 6.54 Å². The molecule has 2 fully saturated rings. The minimum absolute atomic E-state index is 0.0270. The fourth-order valence-electron chi connectivity index (χ4n) is 4.16. The summed E-state index contributed by atoms with van der Waals surface area (Å²) in [5.41, 5.74) is 0.839. The average molecular weight is 390 g/mol. The number of aromatic nitrogens is 3. The number of aromatic amines is 1. The van der Waals surface area contributed by atoms with E-state index in [1.165, 1.54) is 12.3 Å². The molecule has 2 aliphatic rings. The minimum Gasteiger partial charge on any atom is -0.328 e. The molecule has 1 N–H and O–H groups in total. The van der Waals surface area contributed by atoms with Gasteiger partial charge >= 0.3 is 0 Å². The van der Waals surface area contributed by atoms with Crippen LogP contribution in [0.2, 0.25) is 0 Å². The van der Waals surface area contributed by atoms with Gasteiger partial charge in [-0.2, -0.15) is 0 Å². The fourth-order valence-corrected chi connectivity index (χ4v) is 4.16. The standard InChI is InChI=1S/C22H22N4O3/c27-19-10-9-15(12-23-19)21(28)25-11-3-6-18(25)20-24-17-5-2-1-4-16(17)22(29)26(20)13-14-7-8-14/h1-2,4-5,9-10,12,14,18H,3,6-8,11,13H2,(H,23,27). The first-order valence-electron chi connectivity index (χ1n) is 10.1. The van der Waals surface area contributed by atoms with E-state index in [9.17, 15) is 14.4 Å². The molecule has 1 atom stereocenters. The summed E-state index contributed by atoms with van der Waals surface area (Å²) in [5.74, 6) is 1.04. The molecule has 1 amide bonds. The van der Waals surface area contributed by atoms with Crippen LogP contribution in [0, 0.1) is 5.92 Å². The third-order valence-electron chi connectivity index (χ3n) is 5.87. The molecule has 0 bridgehead atoms. The van der Waals surface area contributed by atoms with Gasteiger partial charge in [0.25, 0.3) is 11.5 Å². The first-order valence-corrected chi connectivity index (χ1v) is 10.1. The summed E-state index contributed by atoms with van der Waals surface area (Å²) in [6.07, 6.45) is 5.33. The number of hydrogen-bond acceptors (Lipinski definition) is 4. The molecule has 3 aromatic rings. The highest BCUT2D eigenvalue weighted by molar-refractivity contribution is 5.94. The summed E-state index contributed by atoms with van der Waals surface area (Å²) < 4.78 is 1.79. The van der Waals surface area contributed by atoms with Crippen LogP contribution in [0.1, 0.15) is 47.9 Å². The van der Waals surface area contributed by atoms with Crippen LogP contribution in [0.15, 0.2) is 52.2 Å². The highest BCUT2D eigenvalue weighted by atomic mass is 16.2. The van der Waals surface area contributed by atoms with Crippen molar-refractivity contribution < 1.29 is 4.79 Å². The molecule has 29 heavy (non-hydrogen) atoms. The second-order valence-electron chi connectivity index (χ2n) is 7.94. The molecular weight excluding hydrogens is 368 g/mol. The van der Waals surface area contributed by atoms with Crippen LogP contribution >= 0.6 is 0 Å². The van der Waals surface area contributed by atoms with Gasteiger partial charge in [0.15, 0.2) is 0 Å². The molecule has 7 heteroatoms. The number of para-hydroxylation sites is 1. The van der Waals surface area contributed by atoms with E-state index < -0.39 is 0 Å². The van der Waals surface area contributed by atoms with Crippen molar-refractivity contribution in [3.63, 3.8) is 0 Å². The topological polar surface area (TPSA) is 88.1 Å². The highest BCUT2D eigenvalue weighted by Crippen LogP contribution is 2.35. The molecule has 7 nitrogen and oxygen atoms in total. The Balaban J connectivity index is 1.59. The second kappa shape index (κ2) is 6.99. The van der Waals surface area contributed by atoms with E-state index in [0.717, 1.165) is 25.7 Å². The zero-order chi connectivity index (χ0) is 20.0. The van der Waals surface area contributed by atoms with Gasteiger partial charge in [0.05, 0.1) is 22.5 Å². The monoisotopic (exact) mass is 390 g/mol. The first kappa shape index (κ1) is 17.8. The summed E-state index contributed by atoms with van der Waals surface area (Å²) >= 11 is 0. The zero-order valence-electron chi connectivity index (χ0n) is 16.0. The van der Waals surface area contributed by atoms with E-state index >= 15 is 0 Å².